The Morgan fingerprint density at radius 3 is 2.03 bits per heavy atom. The van der Waals surface area contributed by atoms with Gasteiger partial charge in [-0.1, -0.05) is 0 Å². The number of piperidine rings is 1. The predicted molar refractivity (Wildman–Crippen MR) is 122 cm³/mol. The van der Waals surface area contributed by atoms with Crippen molar-refractivity contribution in [3.8, 4) is 0 Å². The predicted octanol–water partition coefficient (Wildman–Crippen LogP) is 3.47. The molecule has 0 aromatic carbocycles. The molecule has 4 saturated carbocycles. The first-order chi connectivity index (χ1) is 15.1. The number of carbonyl (C=O) groups is 3. The van der Waals surface area contributed by atoms with Crippen LogP contribution >= 0.6 is 0 Å². The highest BCUT2D eigenvalue weighted by atomic mass is 16.6. The summed E-state index contributed by atoms with van der Waals surface area (Å²) in [4.78, 5) is 38.9. The molecule has 5 fully saturated rings. The molecule has 32 heavy (non-hydrogen) atoms. The fourth-order valence-corrected chi connectivity index (χ4v) is 7.11. The zero-order chi connectivity index (χ0) is 22.9. The van der Waals surface area contributed by atoms with Crippen LogP contribution in [0.5, 0.6) is 0 Å². The topological polar surface area (TPSA) is 87.7 Å². The van der Waals surface area contributed by atoms with Crippen molar-refractivity contribution in [2.45, 2.75) is 84.2 Å². The SMILES string of the molecule is CC(C)(C)OC(=O)NCC(=O)NCC1CCN(C(=O)CC23CC4CC(CC(C4)C2)C3)CC1. The van der Waals surface area contributed by atoms with Crippen LogP contribution in [-0.2, 0) is 14.3 Å². The van der Waals surface area contributed by atoms with Gasteiger partial charge in [0.1, 0.15) is 5.60 Å². The van der Waals surface area contributed by atoms with Crippen LogP contribution in [0.25, 0.3) is 0 Å². The number of hydrogen-bond donors (Lipinski definition) is 2. The fraction of sp³-hybridized carbons (Fsp3) is 0.880. The van der Waals surface area contributed by atoms with Crippen molar-refractivity contribution in [1.82, 2.24) is 15.5 Å². The van der Waals surface area contributed by atoms with Gasteiger partial charge in [-0.2, -0.15) is 0 Å². The van der Waals surface area contributed by atoms with Gasteiger partial charge >= 0.3 is 6.09 Å². The zero-order valence-electron chi connectivity index (χ0n) is 20.1. The molecule has 3 amide bonds. The molecule has 7 heteroatoms. The van der Waals surface area contributed by atoms with Crippen molar-refractivity contribution >= 4 is 17.9 Å². The van der Waals surface area contributed by atoms with E-state index in [0.29, 0.717) is 23.8 Å². The summed E-state index contributed by atoms with van der Waals surface area (Å²) in [5, 5.41) is 5.39. The minimum atomic E-state index is -0.585. The van der Waals surface area contributed by atoms with Crippen molar-refractivity contribution in [2.24, 2.45) is 29.1 Å². The minimum absolute atomic E-state index is 0.0860. The Morgan fingerprint density at radius 2 is 1.50 bits per heavy atom. The zero-order valence-corrected chi connectivity index (χ0v) is 20.1. The van der Waals surface area contributed by atoms with E-state index < -0.39 is 11.7 Å². The van der Waals surface area contributed by atoms with E-state index in [0.717, 1.165) is 50.1 Å². The van der Waals surface area contributed by atoms with E-state index in [1.54, 1.807) is 20.8 Å². The van der Waals surface area contributed by atoms with Gasteiger partial charge in [0.2, 0.25) is 11.8 Å². The molecule has 7 nitrogen and oxygen atoms in total. The van der Waals surface area contributed by atoms with Crippen molar-refractivity contribution in [3.05, 3.63) is 0 Å². The van der Waals surface area contributed by atoms with Crippen molar-refractivity contribution in [3.63, 3.8) is 0 Å². The molecule has 180 valence electrons. The van der Waals surface area contributed by atoms with Gasteiger partial charge < -0.3 is 20.3 Å². The molecule has 2 N–H and O–H groups in total. The first-order valence-electron chi connectivity index (χ1n) is 12.6. The molecular formula is C25H41N3O4. The summed E-state index contributed by atoms with van der Waals surface area (Å²) in [7, 11) is 0. The number of hydrogen-bond acceptors (Lipinski definition) is 4. The maximum Gasteiger partial charge on any atom is 0.408 e. The molecule has 1 saturated heterocycles. The molecule has 0 aromatic rings. The van der Waals surface area contributed by atoms with Crippen molar-refractivity contribution < 1.29 is 19.1 Å². The summed E-state index contributed by atoms with van der Waals surface area (Å²) >= 11 is 0. The number of carbonyl (C=O) groups excluding carboxylic acids is 3. The summed E-state index contributed by atoms with van der Waals surface area (Å²) in [6.45, 7) is 7.44. The Hall–Kier alpha value is -1.79. The standard InChI is InChI=1S/C25H41N3O4/c1-24(2,3)32-23(31)27-16-21(29)26-15-17-4-6-28(7-5-17)22(30)14-25-11-18-8-19(12-25)10-20(9-18)13-25/h17-20H,4-16H2,1-3H3,(H,26,29)(H,27,31). The Bertz CT molecular complexity index is 686. The minimum Gasteiger partial charge on any atom is -0.444 e. The second kappa shape index (κ2) is 9.22. The van der Waals surface area contributed by atoms with Gasteiger partial charge in [-0.3, -0.25) is 9.59 Å². The van der Waals surface area contributed by atoms with Crippen LogP contribution in [0.2, 0.25) is 0 Å². The van der Waals surface area contributed by atoms with E-state index in [9.17, 15) is 14.4 Å². The average Bonchev–Trinajstić information content (AvgIpc) is 2.68. The number of likely N-dealkylation sites (tertiary alicyclic amines) is 1. The summed E-state index contributed by atoms with van der Waals surface area (Å²) in [6, 6.07) is 0. The lowest BCUT2D eigenvalue weighted by Gasteiger charge is -2.57. The van der Waals surface area contributed by atoms with Gasteiger partial charge in [0.05, 0.1) is 6.54 Å². The first kappa shape index (κ1) is 23.4. The Labute approximate surface area is 192 Å². The Morgan fingerprint density at radius 1 is 0.938 bits per heavy atom. The normalized spacial score (nSPS) is 32.0. The lowest BCUT2D eigenvalue weighted by molar-refractivity contribution is -0.141. The second-order valence-electron chi connectivity index (χ2n) is 12.1. The number of alkyl carbamates (subject to hydrolysis) is 1. The number of nitrogens with one attached hydrogen (secondary N) is 2. The third-order valence-corrected chi connectivity index (χ3v) is 8.04. The van der Waals surface area contributed by atoms with Gasteiger partial charge in [-0.15, -0.1) is 0 Å². The smallest absolute Gasteiger partial charge is 0.408 e. The molecule has 4 aliphatic carbocycles. The third kappa shape index (κ3) is 5.96. The van der Waals surface area contributed by atoms with E-state index in [1.165, 1.54) is 38.5 Å². The highest BCUT2D eigenvalue weighted by Gasteiger charge is 2.51. The highest BCUT2D eigenvalue weighted by Crippen LogP contribution is 2.61. The van der Waals surface area contributed by atoms with Gasteiger partial charge in [0.15, 0.2) is 0 Å². The summed E-state index contributed by atoms with van der Waals surface area (Å²) < 4.78 is 5.14. The molecule has 0 spiro atoms. The summed E-state index contributed by atoms with van der Waals surface area (Å²) in [5.41, 5.74) is -0.278. The molecule has 1 heterocycles. The van der Waals surface area contributed by atoms with Crippen LogP contribution in [0.15, 0.2) is 0 Å². The van der Waals surface area contributed by atoms with Crippen LogP contribution < -0.4 is 10.6 Å². The van der Waals surface area contributed by atoms with Crippen LogP contribution in [0.4, 0.5) is 4.79 Å². The number of nitrogens with zero attached hydrogens (tertiary/aromatic N) is 1. The van der Waals surface area contributed by atoms with Crippen LogP contribution in [0.3, 0.4) is 0 Å². The molecule has 4 bridgehead atoms. The molecule has 0 aromatic heterocycles. The van der Waals surface area contributed by atoms with E-state index in [2.05, 4.69) is 15.5 Å². The maximum atomic E-state index is 13.1. The molecule has 5 rings (SSSR count). The lowest BCUT2D eigenvalue weighted by atomic mass is 9.49. The quantitative estimate of drug-likeness (QED) is 0.653. The summed E-state index contributed by atoms with van der Waals surface area (Å²) in [5.74, 6) is 3.17. The molecule has 0 radical (unpaired) electrons. The van der Waals surface area contributed by atoms with Crippen molar-refractivity contribution in [2.75, 3.05) is 26.2 Å². The number of ether oxygens (including phenoxy) is 1. The van der Waals surface area contributed by atoms with Gasteiger partial charge in [0, 0.05) is 26.1 Å². The van der Waals surface area contributed by atoms with E-state index in [-0.39, 0.29) is 12.5 Å². The van der Waals surface area contributed by atoms with E-state index in [4.69, 9.17) is 4.74 Å². The van der Waals surface area contributed by atoms with E-state index >= 15 is 0 Å². The molecule has 0 atom stereocenters. The fourth-order valence-electron chi connectivity index (χ4n) is 7.11. The lowest BCUT2D eigenvalue weighted by Crippen LogP contribution is -2.49. The highest BCUT2D eigenvalue weighted by molar-refractivity contribution is 5.82. The van der Waals surface area contributed by atoms with Gasteiger partial charge in [0.25, 0.3) is 0 Å². The second-order valence-corrected chi connectivity index (χ2v) is 12.1. The monoisotopic (exact) mass is 447 g/mol. The third-order valence-electron chi connectivity index (χ3n) is 8.04. The van der Waals surface area contributed by atoms with Crippen LogP contribution in [-0.4, -0.2) is 54.6 Å². The van der Waals surface area contributed by atoms with Crippen molar-refractivity contribution in [1.29, 1.82) is 0 Å². The first-order valence-corrected chi connectivity index (χ1v) is 12.6. The van der Waals surface area contributed by atoms with Gasteiger partial charge in [-0.05, 0) is 101 Å². The number of amides is 3. The maximum absolute atomic E-state index is 13.1. The Balaban J connectivity index is 1.14. The molecule has 1 aliphatic heterocycles. The van der Waals surface area contributed by atoms with E-state index in [1.807, 2.05) is 0 Å². The molecule has 0 unspecified atom stereocenters. The Kier molecular flexibility index (Phi) is 6.73. The van der Waals surface area contributed by atoms with Crippen LogP contribution in [0.1, 0.15) is 78.6 Å². The largest absolute Gasteiger partial charge is 0.444 e. The summed E-state index contributed by atoms with van der Waals surface area (Å²) in [6.07, 6.45) is 10.1. The molecular weight excluding hydrogens is 406 g/mol. The van der Waals surface area contributed by atoms with Crippen LogP contribution in [0, 0.1) is 29.1 Å². The van der Waals surface area contributed by atoms with Gasteiger partial charge in [-0.25, -0.2) is 4.79 Å². The molecule has 5 aliphatic rings. The number of rotatable bonds is 6. The average molecular weight is 448 g/mol.